The molecule has 1 heterocycles. The Bertz CT molecular complexity index is 484. The third kappa shape index (κ3) is 2.62. The van der Waals surface area contributed by atoms with Crippen LogP contribution in [0.15, 0.2) is 24.3 Å². The summed E-state index contributed by atoms with van der Waals surface area (Å²) in [5, 5.41) is 0. The van der Waals surface area contributed by atoms with Crippen LogP contribution in [0.25, 0.3) is 0 Å². The number of piperidine rings is 1. The molecule has 1 amide bonds. The average molecular weight is 261 g/mol. The summed E-state index contributed by atoms with van der Waals surface area (Å²) >= 11 is 0. The van der Waals surface area contributed by atoms with Crippen LogP contribution in [0, 0.1) is 5.92 Å². The maximum absolute atomic E-state index is 12.4. The van der Waals surface area contributed by atoms with Crippen molar-refractivity contribution in [2.24, 2.45) is 5.92 Å². The monoisotopic (exact) mass is 261 g/mol. The molecule has 0 aromatic heterocycles. The van der Waals surface area contributed by atoms with Gasteiger partial charge in [-0.25, -0.2) is 0 Å². The second-order valence-electron chi connectivity index (χ2n) is 4.68. The van der Waals surface area contributed by atoms with Crippen LogP contribution in [0.2, 0.25) is 0 Å². The minimum absolute atomic E-state index is 0.0320. The van der Waals surface area contributed by atoms with Gasteiger partial charge in [-0.3, -0.25) is 9.59 Å². The van der Waals surface area contributed by atoms with Crippen LogP contribution in [0.1, 0.15) is 26.2 Å². The Morgan fingerprint density at radius 2 is 2.16 bits per heavy atom. The van der Waals surface area contributed by atoms with Crippen molar-refractivity contribution in [1.29, 1.82) is 0 Å². The molecule has 1 aromatic carbocycles. The van der Waals surface area contributed by atoms with E-state index in [2.05, 4.69) is 0 Å². The van der Waals surface area contributed by atoms with E-state index in [1.807, 2.05) is 24.3 Å². The first-order valence-corrected chi connectivity index (χ1v) is 6.66. The highest BCUT2D eigenvalue weighted by molar-refractivity contribution is 6.09. The summed E-state index contributed by atoms with van der Waals surface area (Å²) in [6, 6.07) is 7.42. The number of hydrogen-bond acceptors (Lipinski definition) is 3. The summed E-state index contributed by atoms with van der Waals surface area (Å²) in [5.41, 5.74) is 0.753. The van der Waals surface area contributed by atoms with Crippen molar-refractivity contribution in [2.45, 2.75) is 26.2 Å². The molecule has 0 saturated carbocycles. The number of benzene rings is 1. The van der Waals surface area contributed by atoms with Gasteiger partial charge < -0.3 is 9.64 Å². The van der Waals surface area contributed by atoms with Gasteiger partial charge in [0.2, 0.25) is 5.91 Å². The summed E-state index contributed by atoms with van der Waals surface area (Å²) in [7, 11) is 1.59. The molecule has 0 bridgehead atoms. The highest BCUT2D eigenvalue weighted by Gasteiger charge is 2.34. The average Bonchev–Trinajstić information content (AvgIpc) is 2.46. The van der Waals surface area contributed by atoms with E-state index in [1.165, 1.54) is 0 Å². The smallest absolute Gasteiger partial charge is 0.237 e. The number of ether oxygens (including phenoxy) is 1. The number of nitrogens with zero attached hydrogens (tertiary/aromatic N) is 1. The number of para-hydroxylation sites is 2. The van der Waals surface area contributed by atoms with E-state index in [4.69, 9.17) is 4.74 Å². The highest BCUT2D eigenvalue weighted by atomic mass is 16.5. The molecule has 0 radical (unpaired) electrons. The number of carbonyl (C=O) groups is 2. The van der Waals surface area contributed by atoms with Crippen molar-refractivity contribution in [1.82, 2.24) is 0 Å². The molecule has 1 fully saturated rings. The van der Waals surface area contributed by atoms with Crippen LogP contribution < -0.4 is 9.64 Å². The Morgan fingerprint density at radius 3 is 2.84 bits per heavy atom. The molecular weight excluding hydrogens is 242 g/mol. The van der Waals surface area contributed by atoms with Crippen LogP contribution >= 0.6 is 0 Å². The molecule has 1 aliphatic rings. The molecule has 1 unspecified atom stereocenters. The Balaban J connectivity index is 2.29. The minimum atomic E-state index is -0.483. The lowest BCUT2D eigenvalue weighted by Gasteiger charge is -2.32. The summed E-state index contributed by atoms with van der Waals surface area (Å²) in [6.45, 7) is 2.45. The second-order valence-corrected chi connectivity index (χ2v) is 4.68. The van der Waals surface area contributed by atoms with Gasteiger partial charge in [0.15, 0.2) is 0 Å². The van der Waals surface area contributed by atoms with E-state index in [0.717, 1.165) is 12.1 Å². The van der Waals surface area contributed by atoms with Crippen LogP contribution in [0.3, 0.4) is 0 Å². The molecule has 0 spiro atoms. The molecule has 19 heavy (non-hydrogen) atoms. The molecule has 1 aromatic rings. The largest absolute Gasteiger partial charge is 0.495 e. The van der Waals surface area contributed by atoms with Crippen molar-refractivity contribution >= 4 is 17.4 Å². The Morgan fingerprint density at radius 1 is 1.42 bits per heavy atom. The summed E-state index contributed by atoms with van der Waals surface area (Å²) < 4.78 is 5.29. The first-order valence-electron chi connectivity index (χ1n) is 6.66. The third-order valence-electron chi connectivity index (χ3n) is 3.55. The van der Waals surface area contributed by atoms with Gasteiger partial charge in [-0.1, -0.05) is 19.1 Å². The predicted molar refractivity (Wildman–Crippen MR) is 73.4 cm³/mol. The first kappa shape index (κ1) is 13.6. The molecule has 2 rings (SSSR count). The third-order valence-corrected chi connectivity index (χ3v) is 3.55. The summed E-state index contributed by atoms with van der Waals surface area (Å²) in [4.78, 5) is 26.0. The molecule has 1 aliphatic heterocycles. The van der Waals surface area contributed by atoms with Crippen molar-refractivity contribution < 1.29 is 14.3 Å². The lowest BCUT2D eigenvalue weighted by Crippen LogP contribution is -2.44. The van der Waals surface area contributed by atoms with E-state index in [1.54, 1.807) is 18.9 Å². The summed E-state index contributed by atoms with van der Waals surface area (Å²) in [6.07, 6.45) is 1.92. The van der Waals surface area contributed by atoms with Gasteiger partial charge in [0.25, 0.3) is 0 Å². The Hall–Kier alpha value is -1.84. The maximum Gasteiger partial charge on any atom is 0.237 e. The van der Waals surface area contributed by atoms with E-state index < -0.39 is 5.92 Å². The molecule has 4 heteroatoms. The molecule has 1 saturated heterocycles. The predicted octanol–water partition coefficient (Wildman–Crippen LogP) is 2.42. The number of Topliss-reactive ketones (excluding diaryl/α,β-unsaturated/α-hetero) is 1. The number of methoxy groups -OCH3 is 1. The standard InChI is InChI=1S/C15H19NO3/c1-3-13(17)11-7-6-10-16(15(11)18)12-8-4-5-9-14(12)19-2/h4-5,8-9,11H,3,6-7,10H2,1-2H3. The fourth-order valence-corrected chi connectivity index (χ4v) is 2.51. The minimum Gasteiger partial charge on any atom is -0.495 e. The molecule has 0 aliphatic carbocycles. The maximum atomic E-state index is 12.4. The van der Waals surface area contributed by atoms with Gasteiger partial charge in [0.1, 0.15) is 11.5 Å². The van der Waals surface area contributed by atoms with Crippen LogP contribution in [-0.4, -0.2) is 25.3 Å². The van der Waals surface area contributed by atoms with Crippen LogP contribution in [0.5, 0.6) is 5.75 Å². The zero-order valence-electron chi connectivity index (χ0n) is 11.4. The van der Waals surface area contributed by atoms with Crippen LogP contribution in [-0.2, 0) is 9.59 Å². The topological polar surface area (TPSA) is 46.6 Å². The normalized spacial score (nSPS) is 19.4. The Kier molecular flexibility index (Phi) is 4.20. The molecule has 102 valence electrons. The van der Waals surface area contributed by atoms with E-state index in [9.17, 15) is 9.59 Å². The molecular formula is C15H19NO3. The number of hydrogen-bond donors (Lipinski definition) is 0. The first-order chi connectivity index (χ1) is 9.19. The zero-order valence-corrected chi connectivity index (χ0v) is 11.4. The second kappa shape index (κ2) is 5.87. The lowest BCUT2D eigenvalue weighted by molar-refractivity contribution is -0.133. The SMILES string of the molecule is CCC(=O)C1CCCN(c2ccccc2OC)C1=O. The quantitative estimate of drug-likeness (QED) is 0.782. The number of anilines is 1. The van der Waals surface area contributed by atoms with Crippen molar-refractivity contribution in [3.05, 3.63) is 24.3 Å². The van der Waals surface area contributed by atoms with Gasteiger partial charge in [-0.05, 0) is 25.0 Å². The molecule has 0 N–H and O–H groups in total. The van der Waals surface area contributed by atoms with E-state index in [-0.39, 0.29) is 11.7 Å². The van der Waals surface area contributed by atoms with Crippen LogP contribution in [0.4, 0.5) is 5.69 Å². The fourth-order valence-electron chi connectivity index (χ4n) is 2.51. The fraction of sp³-hybridized carbons (Fsp3) is 0.467. The van der Waals surface area contributed by atoms with Crippen molar-refractivity contribution in [3.8, 4) is 5.75 Å². The molecule has 4 nitrogen and oxygen atoms in total. The number of carbonyl (C=O) groups excluding carboxylic acids is 2. The van der Waals surface area contributed by atoms with Gasteiger partial charge in [-0.15, -0.1) is 0 Å². The highest BCUT2D eigenvalue weighted by Crippen LogP contribution is 2.32. The summed E-state index contributed by atoms with van der Waals surface area (Å²) in [5.74, 6) is 0.122. The van der Waals surface area contributed by atoms with Crippen molar-refractivity contribution in [2.75, 3.05) is 18.6 Å². The van der Waals surface area contributed by atoms with Gasteiger partial charge in [0, 0.05) is 13.0 Å². The van der Waals surface area contributed by atoms with Gasteiger partial charge >= 0.3 is 0 Å². The van der Waals surface area contributed by atoms with Gasteiger partial charge in [-0.2, -0.15) is 0 Å². The number of rotatable bonds is 4. The number of ketones is 1. The zero-order chi connectivity index (χ0) is 13.8. The number of amides is 1. The van der Waals surface area contributed by atoms with Gasteiger partial charge in [0.05, 0.1) is 18.7 Å². The Labute approximate surface area is 113 Å². The van der Waals surface area contributed by atoms with E-state index >= 15 is 0 Å². The van der Waals surface area contributed by atoms with Crippen molar-refractivity contribution in [3.63, 3.8) is 0 Å². The molecule has 1 atom stereocenters. The van der Waals surface area contributed by atoms with E-state index in [0.29, 0.717) is 25.1 Å². The lowest BCUT2D eigenvalue weighted by atomic mass is 9.91.